The Kier molecular flexibility index (Phi) is 7.95. The van der Waals surface area contributed by atoms with Crippen molar-refractivity contribution in [2.24, 2.45) is 5.10 Å². The van der Waals surface area contributed by atoms with Gasteiger partial charge in [-0.25, -0.2) is 10.2 Å². The van der Waals surface area contributed by atoms with Crippen molar-refractivity contribution in [3.05, 3.63) is 71.3 Å². The van der Waals surface area contributed by atoms with Gasteiger partial charge in [-0.1, -0.05) is 75.4 Å². The zero-order valence-electron chi connectivity index (χ0n) is 17.4. The molecule has 2 aromatic carbocycles. The molecule has 0 saturated heterocycles. The van der Waals surface area contributed by atoms with E-state index in [1.165, 1.54) is 5.56 Å². The quantitative estimate of drug-likeness (QED) is 0.553. The van der Waals surface area contributed by atoms with Crippen molar-refractivity contribution in [3.8, 4) is 0 Å². The van der Waals surface area contributed by atoms with E-state index in [9.17, 15) is 9.59 Å². The van der Waals surface area contributed by atoms with E-state index in [1.807, 2.05) is 54.6 Å². The van der Waals surface area contributed by atoms with Gasteiger partial charge < -0.3 is 10.1 Å². The Balaban J connectivity index is 2.02. The minimum atomic E-state index is -0.795. The number of nitrogens with one attached hydrogen (secondary N) is 2. The molecule has 6 heteroatoms. The third kappa shape index (κ3) is 7.41. The molecule has 2 N–H and O–H groups in total. The smallest absolute Gasteiger partial charge is 0.407 e. The average Bonchev–Trinajstić information content (AvgIpc) is 2.68. The topological polar surface area (TPSA) is 79.8 Å². The number of carbonyl (C=O) groups is 2. The van der Waals surface area contributed by atoms with E-state index >= 15 is 0 Å². The number of nitrogens with zero attached hydrogens (tertiary/aromatic N) is 1. The summed E-state index contributed by atoms with van der Waals surface area (Å²) in [6, 6.07) is 16.7. The van der Waals surface area contributed by atoms with Crippen LogP contribution in [-0.2, 0) is 21.4 Å². The van der Waals surface area contributed by atoms with E-state index in [-0.39, 0.29) is 12.0 Å². The lowest BCUT2D eigenvalue weighted by Crippen LogP contribution is -2.47. The highest BCUT2D eigenvalue weighted by molar-refractivity contribution is 5.87. The fourth-order valence-electron chi connectivity index (χ4n) is 2.69. The van der Waals surface area contributed by atoms with Crippen molar-refractivity contribution in [1.82, 2.24) is 10.7 Å². The van der Waals surface area contributed by atoms with Crippen molar-refractivity contribution in [3.63, 3.8) is 0 Å². The fraction of sp³-hybridized carbons (Fsp3) is 0.348. The summed E-state index contributed by atoms with van der Waals surface area (Å²) in [5.74, 6) is -0.413. The Labute approximate surface area is 172 Å². The maximum absolute atomic E-state index is 12.6. The lowest BCUT2D eigenvalue weighted by molar-refractivity contribution is -0.123. The van der Waals surface area contributed by atoms with Gasteiger partial charge in [-0.15, -0.1) is 0 Å². The van der Waals surface area contributed by atoms with Crippen molar-refractivity contribution in [1.29, 1.82) is 0 Å². The summed E-state index contributed by atoms with van der Waals surface area (Å²) in [4.78, 5) is 24.4. The second-order valence-corrected chi connectivity index (χ2v) is 7.71. The molecule has 0 aliphatic rings. The normalized spacial score (nSPS) is 12.4. The predicted octanol–water partition coefficient (Wildman–Crippen LogP) is 3.79. The van der Waals surface area contributed by atoms with E-state index in [0.29, 0.717) is 6.42 Å². The maximum Gasteiger partial charge on any atom is 0.407 e. The van der Waals surface area contributed by atoms with E-state index in [4.69, 9.17) is 4.74 Å². The van der Waals surface area contributed by atoms with Crippen LogP contribution in [0.1, 0.15) is 44.4 Å². The highest BCUT2D eigenvalue weighted by atomic mass is 16.5. The molecule has 0 bridgehead atoms. The number of hydrogen-bond donors (Lipinski definition) is 2. The van der Waals surface area contributed by atoms with Crippen molar-refractivity contribution < 1.29 is 14.3 Å². The van der Waals surface area contributed by atoms with Crippen LogP contribution in [0.5, 0.6) is 0 Å². The molecule has 6 nitrogen and oxygen atoms in total. The molecule has 2 rings (SSSR count). The molecular formula is C23H29N3O3. The number of amides is 2. The number of benzene rings is 2. The number of hydrazone groups is 1. The van der Waals surface area contributed by atoms with Gasteiger partial charge >= 0.3 is 6.09 Å². The number of carbonyl (C=O) groups excluding carboxylic acids is 2. The van der Waals surface area contributed by atoms with Gasteiger partial charge in [-0.3, -0.25) is 4.79 Å². The van der Waals surface area contributed by atoms with Crippen LogP contribution in [-0.4, -0.2) is 30.9 Å². The van der Waals surface area contributed by atoms with Gasteiger partial charge in [0.25, 0.3) is 5.91 Å². The molecule has 0 spiro atoms. The Hall–Kier alpha value is -3.15. The van der Waals surface area contributed by atoms with Crippen molar-refractivity contribution >= 4 is 18.2 Å². The summed E-state index contributed by atoms with van der Waals surface area (Å²) in [6.07, 6.45) is 1.28. The SMILES string of the molecule is CCOC(=O)N[C@H](Cc1ccccc1)C(=O)N/N=C\c1ccc(C(C)(C)C)cc1. The van der Waals surface area contributed by atoms with E-state index < -0.39 is 18.0 Å². The van der Waals surface area contributed by atoms with Gasteiger partial charge in [-0.2, -0.15) is 5.10 Å². The Morgan fingerprint density at radius 2 is 1.72 bits per heavy atom. The van der Waals surface area contributed by atoms with Crippen LogP contribution in [0.2, 0.25) is 0 Å². The number of alkyl carbamates (subject to hydrolysis) is 1. The summed E-state index contributed by atoms with van der Waals surface area (Å²) >= 11 is 0. The standard InChI is InChI=1S/C23H29N3O3/c1-5-29-22(28)25-20(15-17-9-7-6-8-10-17)21(27)26-24-16-18-11-13-19(14-12-18)23(2,3)4/h6-14,16,20H,5,15H2,1-4H3,(H,25,28)(H,26,27)/b24-16-/t20-/m1/s1. The zero-order valence-corrected chi connectivity index (χ0v) is 17.4. The van der Waals surface area contributed by atoms with Crippen LogP contribution in [0.25, 0.3) is 0 Å². The first kappa shape index (κ1) is 22.1. The van der Waals surface area contributed by atoms with Gasteiger partial charge in [-0.05, 0) is 29.0 Å². The Morgan fingerprint density at radius 3 is 2.31 bits per heavy atom. The van der Waals surface area contributed by atoms with Gasteiger partial charge in [0.2, 0.25) is 0 Å². The van der Waals surface area contributed by atoms with Crippen LogP contribution >= 0.6 is 0 Å². The maximum atomic E-state index is 12.6. The van der Waals surface area contributed by atoms with E-state index in [2.05, 4.69) is 36.6 Å². The molecule has 2 aromatic rings. The third-order valence-corrected chi connectivity index (χ3v) is 4.33. The largest absolute Gasteiger partial charge is 0.450 e. The highest BCUT2D eigenvalue weighted by Gasteiger charge is 2.21. The molecule has 2 amide bonds. The van der Waals surface area contributed by atoms with Gasteiger partial charge in [0, 0.05) is 6.42 Å². The Morgan fingerprint density at radius 1 is 1.07 bits per heavy atom. The lowest BCUT2D eigenvalue weighted by Gasteiger charge is -2.18. The first-order chi connectivity index (χ1) is 13.8. The molecular weight excluding hydrogens is 366 g/mol. The van der Waals surface area contributed by atoms with Crippen LogP contribution in [0.4, 0.5) is 4.79 Å². The minimum Gasteiger partial charge on any atom is -0.450 e. The first-order valence-corrected chi connectivity index (χ1v) is 9.70. The van der Waals surface area contributed by atoms with Crippen molar-refractivity contribution in [2.45, 2.75) is 45.6 Å². The summed E-state index contributed by atoms with van der Waals surface area (Å²) in [5, 5.41) is 6.62. The molecule has 0 aliphatic carbocycles. The van der Waals surface area contributed by atoms with Gasteiger partial charge in [0.15, 0.2) is 0 Å². The molecule has 0 heterocycles. The number of ether oxygens (including phenoxy) is 1. The molecule has 154 valence electrons. The van der Waals surface area contributed by atoms with Gasteiger partial charge in [0.05, 0.1) is 12.8 Å². The van der Waals surface area contributed by atoms with E-state index in [0.717, 1.165) is 11.1 Å². The molecule has 0 aromatic heterocycles. The third-order valence-electron chi connectivity index (χ3n) is 4.33. The molecule has 0 aliphatic heterocycles. The minimum absolute atomic E-state index is 0.0767. The fourth-order valence-corrected chi connectivity index (χ4v) is 2.69. The predicted molar refractivity (Wildman–Crippen MR) is 115 cm³/mol. The van der Waals surface area contributed by atoms with E-state index in [1.54, 1.807) is 13.1 Å². The average molecular weight is 396 g/mol. The second kappa shape index (κ2) is 10.4. The summed E-state index contributed by atoms with van der Waals surface area (Å²) in [6.45, 7) is 8.40. The van der Waals surface area contributed by atoms with Crippen LogP contribution < -0.4 is 10.7 Å². The molecule has 0 radical (unpaired) electrons. The summed E-state index contributed by atoms with van der Waals surface area (Å²) in [7, 11) is 0. The molecule has 0 fully saturated rings. The second-order valence-electron chi connectivity index (χ2n) is 7.71. The van der Waals surface area contributed by atoms with Crippen LogP contribution in [0.3, 0.4) is 0 Å². The highest BCUT2D eigenvalue weighted by Crippen LogP contribution is 2.21. The Bertz CT molecular complexity index is 825. The monoisotopic (exact) mass is 395 g/mol. The van der Waals surface area contributed by atoms with Gasteiger partial charge in [0.1, 0.15) is 6.04 Å². The molecule has 1 atom stereocenters. The van der Waals surface area contributed by atoms with Crippen LogP contribution in [0.15, 0.2) is 59.7 Å². The number of rotatable bonds is 7. The molecule has 0 saturated carbocycles. The molecule has 29 heavy (non-hydrogen) atoms. The lowest BCUT2D eigenvalue weighted by atomic mass is 9.87. The zero-order chi connectivity index (χ0) is 21.3. The van der Waals surface area contributed by atoms with Crippen LogP contribution in [0, 0.1) is 0 Å². The summed E-state index contributed by atoms with van der Waals surface area (Å²) in [5.41, 5.74) is 5.60. The van der Waals surface area contributed by atoms with Crippen molar-refractivity contribution in [2.75, 3.05) is 6.61 Å². The summed E-state index contributed by atoms with van der Waals surface area (Å²) < 4.78 is 4.90. The first-order valence-electron chi connectivity index (χ1n) is 9.70. The molecule has 0 unspecified atom stereocenters. The number of hydrogen-bond acceptors (Lipinski definition) is 4.